The van der Waals surface area contributed by atoms with Crippen LogP contribution in [0.15, 0.2) is 23.0 Å². The first kappa shape index (κ1) is 14.3. The highest BCUT2D eigenvalue weighted by Crippen LogP contribution is 2.19. The van der Waals surface area contributed by atoms with E-state index in [2.05, 4.69) is 4.98 Å². The van der Waals surface area contributed by atoms with Gasteiger partial charge >= 0.3 is 6.18 Å². The predicted molar refractivity (Wildman–Crippen MR) is 59.3 cm³/mol. The summed E-state index contributed by atoms with van der Waals surface area (Å²) in [6.45, 7) is 1.61. The molecule has 7 heteroatoms. The molecule has 0 bridgehead atoms. The van der Waals surface area contributed by atoms with Crippen molar-refractivity contribution >= 4 is 5.91 Å². The van der Waals surface area contributed by atoms with Gasteiger partial charge in [0.05, 0.1) is 0 Å². The van der Waals surface area contributed by atoms with Gasteiger partial charge in [-0.05, 0) is 19.9 Å². The molecule has 0 aliphatic rings. The van der Waals surface area contributed by atoms with Crippen molar-refractivity contribution in [3.05, 3.63) is 34.2 Å². The number of alkyl halides is 3. The second-order valence-electron chi connectivity index (χ2n) is 4.07. The zero-order valence-electron chi connectivity index (χ0n) is 9.91. The summed E-state index contributed by atoms with van der Waals surface area (Å²) in [4.78, 5) is 25.8. The molecule has 0 fully saturated rings. The van der Waals surface area contributed by atoms with Crippen molar-refractivity contribution < 1.29 is 18.0 Å². The molecule has 0 aliphatic heterocycles. The van der Waals surface area contributed by atoms with Crippen molar-refractivity contribution in [3.63, 3.8) is 0 Å². The van der Waals surface area contributed by atoms with Gasteiger partial charge in [-0.3, -0.25) is 9.59 Å². The van der Waals surface area contributed by atoms with Crippen molar-refractivity contribution in [2.24, 2.45) is 0 Å². The molecule has 1 rings (SSSR count). The van der Waals surface area contributed by atoms with Gasteiger partial charge in [0.1, 0.15) is 12.2 Å². The molecule has 0 spiro atoms. The van der Waals surface area contributed by atoms with E-state index in [0.717, 1.165) is 0 Å². The van der Waals surface area contributed by atoms with Gasteiger partial charge in [0.2, 0.25) is 5.56 Å². The number of halogens is 3. The van der Waals surface area contributed by atoms with Gasteiger partial charge in [-0.1, -0.05) is 6.07 Å². The Morgan fingerprint density at radius 2 is 2.00 bits per heavy atom. The molecule has 0 aliphatic carbocycles. The minimum absolute atomic E-state index is 0.152. The number of carbonyl (C=O) groups excluding carboxylic acids is 1. The predicted octanol–water partition coefficient (Wildman–Crippen LogP) is 1.79. The van der Waals surface area contributed by atoms with Crippen LogP contribution in [0.3, 0.4) is 0 Å². The Hall–Kier alpha value is -1.79. The molecule has 0 radical (unpaired) electrons. The fraction of sp³-hybridized carbons (Fsp3) is 0.455. The Balaban J connectivity index is 3.00. The molecule has 0 saturated heterocycles. The summed E-state index contributed by atoms with van der Waals surface area (Å²) in [5, 5.41) is 0. The van der Waals surface area contributed by atoms with Gasteiger partial charge < -0.3 is 9.88 Å². The van der Waals surface area contributed by atoms with E-state index in [1.165, 1.54) is 32.0 Å². The maximum Gasteiger partial charge on any atom is 0.406 e. The Morgan fingerprint density at radius 1 is 1.39 bits per heavy atom. The van der Waals surface area contributed by atoms with Crippen LogP contribution >= 0.6 is 0 Å². The smallest absolute Gasteiger partial charge is 0.326 e. The zero-order valence-corrected chi connectivity index (χ0v) is 9.91. The summed E-state index contributed by atoms with van der Waals surface area (Å²) in [6, 6.07) is 3.15. The lowest BCUT2D eigenvalue weighted by Gasteiger charge is -2.27. The van der Waals surface area contributed by atoms with Gasteiger partial charge in [0.25, 0.3) is 5.91 Å². The molecule has 0 unspecified atom stereocenters. The second-order valence-corrected chi connectivity index (χ2v) is 4.07. The molecule has 0 aromatic carbocycles. The van der Waals surface area contributed by atoms with Crippen LogP contribution in [0.4, 0.5) is 13.2 Å². The lowest BCUT2D eigenvalue weighted by molar-refractivity contribution is -0.143. The third-order valence-corrected chi connectivity index (χ3v) is 2.23. The van der Waals surface area contributed by atoms with Crippen LogP contribution in [-0.4, -0.2) is 34.6 Å². The van der Waals surface area contributed by atoms with Gasteiger partial charge in [0.15, 0.2) is 0 Å². The number of aromatic amines is 1. The normalized spacial score (nSPS) is 11.7. The maximum atomic E-state index is 12.4. The van der Waals surface area contributed by atoms with Crippen LogP contribution < -0.4 is 5.56 Å². The number of aromatic nitrogens is 1. The number of carbonyl (C=O) groups is 1. The summed E-state index contributed by atoms with van der Waals surface area (Å²) < 4.78 is 37.1. The van der Waals surface area contributed by atoms with E-state index in [9.17, 15) is 22.8 Å². The number of rotatable bonds is 3. The Morgan fingerprint density at radius 3 is 2.44 bits per heavy atom. The quantitative estimate of drug-likeness (QED) is 0.902. The molecular weight excluding hydrogens is 249 g/mol. The van der Waals surface area contributed by atoms with Crippen LogP contribution in [0.1, 0.15) is 24.3 Å². The van der Waals surface area contributed by atoms with Crippen molar-refractivity contribution in [2.45, 2.75) is 26.1 Å². The van der Waals surface area contributed by atoms with Crippen LogP contribution in [0.5, 0.6) is 0 Å². The SMILES string of the molecule is CC(C)N(CC(F)(F)F)C(=O)c1cccc(=O)[nH]1. The van der Waals surface area contributed by atoms with Crippen molar-refractivity contribution in [3.8, 4) is 0 Å². The number of pyridine rings is 1. The highest BCUT2D eigenvalue weighted by atomic mass is 19.4. The van der Waals surface area contributed by atoms with Crippen LogP contribution in [-0.2, 0) is 0 Å². The lowest BCUT2D eigenvalue weighted by atomic mass is 10.2. The minimum atomic E-state index is -4.48. The van der Waals surface area contributed by atoms with Crippen LogP contribution in [0.25, 0.3) is 0 Å². The van der Waals surface area contributed by atoms with Gasteiger partial charge in [0, 0.05) is 12.1 Å². The van der Waals surface area contributed by atoms with E-state index in [-0.39, 0.29) is 5.69 Å². The number of H-pyrrole nitrogens is 1. The average Bonchev–Trinajstić information content (AvgIpc) is 2.23. The highest BCUT2D eigenvalue weighted by molar-refractivity contribution is 5.92. The molecule has 18 heavy (non-hydrogen) atoms. The molecule has 1 amide bonds. The molecule has 1 heterocycles. The number of amides is 1. The topological polar surface area (TPSA) is 53.2 Å². The molecular formula is C11H13F3N2O2. The highest BCUT2D eigenvalue weighted by Gasteiger charge is 2.34. The molecule has 4 nitrogen and oxygen atoms in total. The summed E-state index contributed by atoms with van der Waals surface area (Å²) >= 11 is 0. The summed E-state index contributed by atoms with van der Waals surface area (Å²) in [5.41, 5.74) is -0.683. The average molecular weight is 262 g/mol. The fourth-order valence-corrected chi connectivity index (χ4v) is 1.41. The van der Waals surface area contributed by atoms with E-state index < -0.39 is 30.2 Å². The Labute approximate surface area is 101 Å². The number of nitrogens with zero attached hydrogens (tertiary/aromatic N) is 1. The second kappa shape index (κ2) is 5.24. The summed E-state index contributed by atoms with van der Waals surface area (Å²) in [6.07, 6.45) is -4.48. The Bertz CT molecular complexity index is 480. The van der Waals surface area contributed by atoms with Crippen molar-refractivity contribution in [1.29, 1.82) is 0 Å². The van der Waals surface area contributed by atoms with E-state index in [1.807, 2.05) is 0 Å². The Kier molecular flexibility index (Phi) is 4.15. The molecule has 0 saturated carbocycles. The third kappa shape index (κ3) is 3.90. The summed E-state index contributed by atoms with van der Waals surface area (Å²) in [7, 11) is 0. The largest absolute Gasteiger partial charge is 0.406 e. The summed E-state index contributed by atoms with van der Waals surface area (Å²) in [5.74, 6) is -0.847. The molecule has 0 atom stereocenters. The maximum absolute atomic E-state index is 12.4. The van der Waals surface area contributed by atoms with Crippen molar-refractivity contribution in [2.75, 3.05) is 6.54 Å². The minimum Gasteiger partial charge on any atom is -0.326 e. The first-order valence-electron chi connectivity index (χ1n) is 5.28. The van der Waals surface area contributed by atoms with E-state index in [0.29, 0.717) is 4.90 Å². The molecule has 1 N–H and O–H groups in total. The van der Waals surface area contributed by atoms with E-state index in [1.54, 1.807) is 0 Å². The first-order valence-corrected chi connectivity index (χ1v) is 5.28. The first-order chi connectivity index (χ1) is 8.20. The van der Waals surface area contributed by atoms with E-state index >= 15 is 0 Å². The number of nitrogens with one attached hydrogen (secondary N) is 1. The molecule has 1 aromatic rings. The van der Waals surface area contributed by atoms with E-state index in [4.69, 9.17) is 0 Å². The fourth-order valence-electron chi connectivity index (χ4n) is 1.41. The number of hydrogen-bond acceptors (Lipinski definition) is 2. The lowest BCUT2D eigenvalue weighted by Crippen LogP contribution is -2.43. The molecule has 1 aromatic heterocycles. The van der Waals surface area contributed by atoms with Gasteiger partial charge in [-0.2, -0.15) is 13.2 Å². The van der Waals surface area contributed by atoms with Gasteiger partial charge in [-0.15, -0.1) is 0 Å². The van der Waals surface area contributed by atoms with Gasteiger partial charge in [-0.25, -0.2) is 0 Å². The standard InChI is InChI=1S/C11H13F3N2O2/c1-7(2)16(6-11(12,13)14)10(18)8-4-3-5-9(17)15-8/h3-5,7H,6H2,1-2H3,(H,15,17). The monoisotopic (exact) mass is 262 g/mol. The number of hydrogen-bond donors (Lipinski definition) is 1. The zero-order chi connectivity index (χ0) is 13.9. The molecule has 100 valence electrons. The van der Waals surface area contributed by atoms with Crippen LogP contribution in [0, 0.1) is 0 Å². The third-order valence-electron chi connectivity index (χ3n) is 2.23. The van der Waals surface area contributed by atoms with Crippen molar-refractivity contribution in [1.82, 2.24) is 9.88 Å². The van der Waals surface area contributed by atoms with Crippen LogP contribution in [0.2, 0.25) is 0 Å².